The third kappa shape index (κ3) is 3.07. The molecule has 2 amide bonds. The van der Waals surface area contributed by atoms with Crippen LogP contribution in [0.5, 0.6) is 0 Å². The summed E-state index contributed by atoms with van der Waals surface area (Å²) in [7, 11) is 0. The summed E-state index contributed by atoms with van der Waals surface area (Å²) in [5.41, 5.74) is 2.54. The van der Waals surface area contributed by atoms with E-state index in [9.17, 15) is 19.1 Å². The minimum absolute atomic E-state index is 0.137. The van der Waals surface area contributed by atoms with Crippen LogP contribution in [-0.2, 0) is 11.3 Å². The molecule has 0 spiro atoms. The lowest BCUT2D eigenvalue weighted by atomic mass is 10.0. The van der Waals surface area contributed by atoms with Gasteiger partial charge in [-0.2, -0.15) is 5.10 Å². The Morgan fingerprint density at radius 1 is 1.32 bits per heavy atom. The molecule has 132 valence electrons. The van der Waals surface area contributed by atoms with E-state index in [2.05, 4.69) is 5.10 Å². The predicted octanol–water partition coefficient (Wildman–Crippen LogP) is 2.76. The van der Waals surface area contributed by atoms with Crippen LogP contribution in [0, 0.1) is 0 Å². The molecule has 3 rings (SSSR count). The number of benzene rings is 1. The zero-order valence-corrected chi connectivity index (χ0v) is 14.0. The van der Waals surface area contributed by atoms with E-state index in [0.29, 0.717) is 11.4 Å². The van der Waals surface area contributed by atoms with Crippen molar-refractivity contribution in [3.63, 3.8) is 0 Å². The zero-order valence-electron chi connectivity index (χ0n) is 14.0. The Labute approximate surface area is 144 Å². The minimum Gasteiger partial charge on any atom is -0.465 e. The lowest BCUT2D eigenvalue weighted by Crippen LogP contribution is -2.51. The van der Waals surface area contributed by atoms with Crippen molar-refractivity contribution >= 4 is 23.4 Å². The number of fused-ring (bicyclic) bond motifs is 1. The predicted molar refractivity (Wildman–Crippen MR) is 91.6 cm³/mol. The second kappa shape index (κ2) is 6.54. The lowest BCUT2D eigenvalue weighted by Gasteiger charge is -2.39. The lowest BCUT2D eigenvalue weighted by molar-refractivity contribution is -0.117. The van der Waals surface area contributed by atoms with Crippen LogP contribution < -0.4 is 9.80 Å². The van der Waals surface area contributed by atoms with Crippen molar-refractivity contribution in [3.05, 3.63) is 30.6 Å². The number of hydrogen-bond acceptors (Lipinski definition) is 3. The Balaban J connectivity index is 2.07. The topological polar surface area (TPSA) is 78.7 Å². The van der Waals surface area contributed by atoms with Gasteiger partial charge in [0, 0.05) is 25.2 Å². The highest BCUT2D eigenvalue weighted by atomic mass is 19.1. The van der Waals surface area contributed by atoms with Gasteiger partial charge in [-0.3, -0.25) is 14.4 Å². The minimum atomic E-state index is -1.07. The third-order valence-corrected chi connectivity index (χ3v) is 4.26. The summed E-state index contributed by atoms with van der Waals surface area (Å²) in [6.45, 7) is 3.14. The molecule has 2 heterocycles. The molecule has 0 radical (unpaired) electrons. The molecular weight excluding hydrogens is 327 g/mol. The number of amides is 2. The van der Waals surface area contributed by atoms with Crippen molar-refractivity contribution in [2.24, 2.45) is 0 Å². The van der Waals surface area contributed by atoms with Gasteiger partial charge in [-0.05, 0) is 24.6 Å². The van der Waals surface area contributed by atoms with Crippen molar-refractivity contribution in [3.8, 4) is 11.1 Å². The normalized spacial score (nSPS) is 16.7. The molecule has 2 aromatic rings. The van der Waals surface area contributed by atoms with Crippen LogP contribution in [-0.4, -0.2) is 46.1 Å². The Morgan fingerprint density at radius 2 is 2.08 bits per heavy atom. The molecule has 1 aromatic carbocycles. The van der Waals surface area contributed by atoms with Gasteiger partial charge in [0.2, 0.25) is 5.91 Å². The van der Waals surface area contributed by atoms with Crippen molar-refractivity contribution < 1.29 is 19.1 Å². The Bertz CT molecular complexity index is 820. The summed E-state index contributed by atoms with van der Waals surface area (Å²) in [6, 6.07) is 5.02. The van der Waals surface area contributed by atoms with Crippen LogP contribution in [0.25, 0.3) is 11.1 Å². The smallest absolute Gasteiger partial charge is 0.411 e. The molecule has 25 heavy (non-hydrogen) atoms. The molecule has 0 fully saturated rings. The fourth-order valence-corrected chi connectivity index (χ4v) is 3.19. The third-order valence-electron chi connectivity index (χ3n) is 4.26. The number of carbonyl (C=O) groups excluding carboxylic acids is 1. The van der Waals surface area contributed by atoms with Crippen molar-refractivity contribution in [2.45, 2.75) is 26.4 Å². The molecule has 0 saturated heterocycles. The van der Waals surface area contributed by atoms with Gasteiger partial charge < -0.3 is 10.0 Å². The summed E-state index contributed by atoms with van der Waals surface area (Å²) >= 11 is 0. The van der Waals surface area contributed by atoms with Crippen LogP contribution in [0.3, 0.4) is 0 Å². The Hall–Kier alpha value is -2.90. The van der Waals surface area contributed by atoms with E-state index in [1.165, 1.54) is 16.5 Å². The number of hydrogen-bond donors (Lipinski definition) is 1. The number of carboxylic acid groups (broad SMARTS) is 1. The largest absolute Gasteiger partial charge is 0.465 e. The summed E-state index contributed by atoms with van der Waals surface area (Å²) in [4.78, 5) is 26.5. The van der Waals surface area contributed by atoms with Gasteiger partial charge in [-0.15, -0.1) is 0 Å². The first kappa shape index (κ1) is 16.9. The molecule has 1 aliphatic heterocycles. The molecule has 7 nitrogen and oxygen atoms in total. The second-order valence-corrected chi connectivity index (χ2v) is 6.02. The summed E-state index contributed by atoms with van der Waals surface area (Å²) in [5, 5.41) is 13.6. The number of nitrogens with zero attached hydrogens (tertiary/aromatic N) is 4. The quantitative estimate of drug-likeness (QED) is 0.927. The number of rotatable bonds is 3. The van der Waals surface area contributed by atoms with Crippen molar-refractivity contribution in [1.29, 1.82) is 0 Å². The molecule has 1 atom stereocenters. The van der Waals surface area contributed by atoms with E-state index in [1.54, 1.807) is 29.4 Å². The number of alkyl halides is 1. The Kier molecular flexibility index (Phi) is 4.43. The molecule has 0 saturated carbocycles. The molecule has 8 heteroatoms. The Morgan fingerprint density at radius 3 is 2.72 bits per heavy atom. The average Bonchev–Trinajstić information content (AvgIpc) is 3.02. The molecule has 0 aliphatic carbocycles. The number of carbonyl (C=O) groups is 2. The van der Waals surface area contributed by atoms with E-state index in [-0.39, 0.29) is 25.0 Å². The van der Waals surface area contributed by atoms with Crippen molar-refractivity contribution in [2.75, 3.05) is 23.0 Å². The highest BCUT2D eigenvalue weighted by molar-refractivity contribution is 6.02. The number of anilines is 2. The monoisotopic (exact) mass is 346 g/mol. The molecular formula is C17H19FN4O3. The first-order valence-electron chi connectivity index (χ1n) is 7.95. The van der Waals surface area contributed by atoms with Crippen LogP contribution in [0.15, 0.2) is 30.6 Å². The first-order chi connectivity index (χ1) is 11.9. The molecule has 1 N–H and O–H groups in total. The molecule has 1 aromatic heterocycles. The fraction of sp³-hybridized carbons (Fsp3) is 0.353. The van der Waals surface area contributed by atoms with Crippen LogP contribution >= 0.6 is 0 Å². The molecule has 0 bridgehead atoms. The number of aromatic nitrogens is 2. The summed E-state index contributed by atoms with van der Waals surface area (Å²) in [5.74, 6) is -0.137. The highest BCUT2D eigenvalue weighted by Gasteiger charge is 2.33. The first-order valence-corrected chi connectivity index (χ1v) is 7.95. The van der Waals surface area contributed by atoms with Gasteiger partial charge in [0.25, 0.3) is 0 Å². The standard InChI is InChI=1S/C17H19FN4O3/c1-11-9-21(17(24)25)16-7-13(3-4-15(16)22(11)12(2)23)14-8-19-20(10-14)6-5-18/h3-4,7-8,10-11H,5-6,9H2,1-2H3,(H,24,25)/t11-/m0/s1. The maximum absolute atomic E-state index is 12.4. The van der Waals surface area contributed by atoms with Gasteiger partial charge in [0.15, 0.2) is 0 Å². The van der Waals surface area contributed by atoms with Crippen LogP contribution in [0.1, 0.15) is 13.8 Å². The zero-order chi connectivity index (χ0) is 18.1. The van der Waals surface area contributed by atoms with Gasteiger partial charge in [-0.1, -0.05) is 6.07 Å². The van der Waals surface area contributed by atoms with Crippen LogP contribution in [0.2, 0.25) is 0 Å². The van der Waals surface area contributed by atoms with Crippen LogP contribution in [0.4, 0.5) is 20.6 Å². The van der Waals surface area contributed by atoms with Gasteiger partial charge >= 0.3 is 6.09 Å². The van der Waals surface area contributed by atoms with Crippen molar-refractivity contribution in [1.82, 2.24) is 9.78 Å². The fourth-order valence-electron chi connectivity index (χ4n) is 3.19. The summed E-state index contributed by atoms with van der Waals surface area (Å²) < 4.78 is 13.9. The van der Waals surface area contributed by atoms with E-state index in [0.717, 1.165) is 11.1 Å². The second-order valence-electron chi connectivity index (χ2n) is 6.02. The number of aryl methyl sites for hydroxylation is 1. The molecule has 0 unspecified atom stereocenters. The van der Waals surface area contributed by atoms with E-state index in [4.69, 9.17) is 0 Å². The van der Waals surface area contributed by atoms with E-state index in [1.807, 2.05) is 13.0 Å². The highest BCUT2D eigenvalue weighted by Crippen LogP contribution is 2.38. The van der Waals surface area contributed by atoms with E-state index >= 15 is 0 Å². The SMILES string of the molecule is CC(=O)N1c2ccc(-c3cnn(CCF)c3)cc2N(C(=O)O)C[C@@H]1C. The van der Waals surface area contributed by atoms with E-state index < -0.39 is 12.8 Å². The van der Waals surface area contributed by atoms with Gasteiger partial charge in [0.05, 0.1) is 30.2 Å². The average molecular weight is 346 g/mol. The number of halogens is 1. The maximum atomic E-state index is 12.4. The van der Waals surface area contributed by atoms with Gasteiger partial charge in [-0.25, -0.2) is 9.18 Å². The van der Waals surface area contributed by atoms with Gasteiger partial charge in [0.1, 0.15) is 6.67 Å². The maximum Gasteiger partial charge on any atom is 0.411 e. The summed E-state index contributed by atoms with van der Waals surface area (Å²) in [6.07, 6.45) is 2.25. The molecule has 1 aliphatic rings.